The van der Waals surface area contributed by atoms with E-state index in [0.29, 0.717) is 19.3 Å². The van der Waals surface area contributed by atoms with Gasteiger partial charge in [-0.05, 0) is 57.8 Å². The zero-order valence-electron chi connectivity index (χ0n) is 52.7. The van der Waals surface area contributed by atoms with Crippen LogP contribution in [0.2, 0.25) is 0 Å². The van der Waals surface area contributed by atoms with Gasteiger partial charge in [0, 0.05) is 19.3 Å². The van der Waals surface area contributed by atoms with Crippen LogP contribution in [0.15, 0.2) is 36.5 Å². The lowest BCUT2D eigenvalue weighted by Gasteiger charge is -2.18. The molecule has 0 aromatic heterocycles. The standard InChI is InChI=1S/C72H134O6/c1-4-7-10-13-16-19-22-25-28-31-33-34-35-36-37-38-40-41-44-47-50-53-56-59-62-65-71(74)77-68-69(67-76-70(73)64-61-58-55-52-49-46-43-30-27-24-21-18-15-12-9-6-3)78-72(75)66-63-60-57-54-51-48-45-42-39-32-29-26-23-20-17-14-11-8-5-2/h17,20,26,29,39,42,69H,4-16,18-19,21-25,27-28,30-38,40-41,43-68H2,1-3H3/b20-17-,29-26-,42-39-. The molecule has 0 fully saturated rings. The van der Waals surface area contributed by atoms with Crippen LogP contribution in [0.3, 0.4) is 0 Å². The molecule has 0 saturated carbocycles. The smallest absolute Gasteiger partial charge is 0.306 e. The lowest BCUT2D eigenvalue weighted by Crippen LogP contribution is -2.30. The minimum absolute atomic E-state index is 0.0718. The Balaban J connectivity index is 4.28. The Labute approximate surface area is 486 Å². The fraction of sp³-hybridized carbons (Fsp3) is 0.875. The summed E-state index contributed by atoms with van der Waals surface area (Å²) in [6.45, 7) is 6.68. The number of ether oxygens (including phenoxy) is 3. The number of hydrogen-bond donors (Lipinski definition) is 0. The second-order valence-electron chi connectivity index (χ2n) is 23.8. The maximum Gasteiger partial charge on any atom is 0.306 e. The van der Waals surface area contributed by atoms with E-state index in [1.165, 1.54) is 270 Å². The van der Waals surface area contributed by atoms with E-state index in [4.69, 9.17) is 14.2 Å². The Morgan fingerprint density at radius 1 is 0.256 bits per heavy atom. The van der Waals surface area contributed by atoms with Gasteiger partial charge in [0.1, 0.15) is 13.2 Å². The number of rotatable bonds is 65. The van der Waals surface area contributed by atoms with E-state index in [-0.39, 0.29) is 31.1 Å². The number of esters is 3. The molecule has 0 aliphatic carbocycles. The topological polar surface area (TPSA) is 78.9 Å². The summed E-state index contributed by atoms with van der Waals surface area (Å²) in [6.07, 6.45) is 83.1. The normalized spacial score (nSPS) is 12.2. The summed E-state index contributed by atoms with van der Waals surface area (Å²) in [7, 11) is 0. The molecule has 0 aromatic carbocycles. The molecule has 0 aromatic rings. The van der Waals surface area contributed by atoms with Crippen molar-refractivity contribution in [2.24, 2.45) is 0 Å². The molecular weight excluding hydrogens is 961 g/mol. The Morgan fingerprint density at radius 2 is 0.462 bits per heavy atom. The molecule has 0 heterocycles. The van der Waals surface area contributed by atoms with Crippen LogP contribution in [-0.2, 0) is 28.6 Å². The molecule has 0 rings (SSSR count). The van der Waals surface area contributed by atoms with Gasteiger partial charge in [-0.2, -0.15) is 0 Å². The molecule has 6 nitrogen and oxygen atoms in total. The van der Waals surface area contributed by atoms with Gasteiger partial charge in [0.25, 0.3) is 0 Å². The molecule has 0 radical (unpaired) electrons. The van der Waals surface area contributed by atoms with E-state index in [0.717, 1.165) is 77.0 Å². The van der Waals surface area contributed by atoms with E-state index in [2.05, 4.69) is 57.2 Å². The molecule has 78 heavy (non-hydrogen) atoms. The van der Waals surface area contributed by atoms with Crippen LogP contribution in [0.1, 0.15) is 387 Å². The number of allylic oxidation sites excluding steroid dienone is 6. The van der Waals surface area contributed by atoms with E-state index in [1.807, 2.05) is 0 Å². The first-order valence-electron chi connectivity index (χ1n) is 35.0. The first kappa shape index (κ1) is 75.6. The molecule has 6 heteroatoms. The summed E-state index contributed by atoms with van der Waals surface area (Å²) in [4.78, 5) is 38.4. The van der Waals surface area contributed by atoms with Crippen molar-refractivity contribution in [1.82, 2.24) is 0 Å². The Kier molecular flexibility index (Phi) is 65.1. The minimum Gasteiger partial charge on any atom is -0.462 e. The molecule has 0 aliphatic heterocycles. The number of carbonyl (C=O) groups is 3. The third-order valence-corrected chi connectivity index (χ3v) is 15.9. The fourth-order valence-corrected chi connectivity index (χ4v) is 10.6. The summed E-state index contributed by atoms with van der Waals surface area (Å²) in [6, 6.07) is 0. The quantitative estimate of drug-likeness (QED) is 0.0261. The van der Waals surface area contributed by atoms with Gasteiger partial charge in [-0.3, -0.25) is 14.4 Å². The number of hydrogen-bond acceptors (Lipinski definition) is 6. The molecule has 0 saturated heterocycles. The van der Waals surface area contributed by atoms with Crippen molar-refractivity contribution in [2.75, 3.05) is 13.2 Å². The van der Waals surface area contributed by atoms with Crippen LogP contribution in [0.25, 0.3) is 0 Å². The van der Waals surface area contributed by atoms with Gasteiger partial charge in [0.15, 0.2) is 6.10 Å². The molecule has 458 valence electrons. The Morgan fingerprint density at radius 3 is 0.744 bits per heavy atom. The van der Waals surface area contributed by atoms with E-state index in [1.54, 1.807) is 0 Å². The highest BCUT2D eigenvalue weighted by molar-refractivity contribution is 5.71. The van der Waals surface area contributed by atoms with Crippen molar-refractivity contribution in [1.29, 1.82) is 0 Å². The third-order valence-electron chi connectivity index (χ3n) is 15.9. The van der Waals surface area contributed by atoms with Gasteiger partial charge in [-0.15, -0.1) is 0 Å². The molecule has 0 bridgehead atoms. The van der Waals surface area contributed by atoms with Gasteiger partial charge >= 0.3 is 17.9 Å². The molecule has 0 N–H and O–H groups in total. The van der Waals surface area contributed by atoms with Crippen LogP contribution in [-0.4, -0.2) is 37.2 Å². The SMILES string of the molecule is CCCCC/C=C\C/C=C\C/C=C\CCCCCCCCC(=O)OC(COC(=O)CCCCCCCCCCCCCCCCCC)COC(=O)CCCCCCCCCCCCCCCCCCCCCCCCCCC. The summed E-state index contributed by atoms with van der Waals surface area (Å²) in [5, 5.41) is 0. The number of unbranched alkanes of at least 4 members (excludes halogenated alkanes) is 48. The van der Waals surface area contributed by atoms with Crippen LogP contribution in [0, 0.1) is 0 Å². The first-order valence-corrected chi connectivity index (χ1v) is 35.0. The predicted octanol–water partition coefficient (Wildman–Crippen LogP) is 23.9. The summed E-state index contributed by atoms with van der Waals surface area (Å²) >= 11 is 0. The Bertz CT molecular complexity index is 1300. The lowest BCUT2D eigenvalue weighted by atomic mass is 10.0. The fourth-order valence-electron chi connectivity index (χ4n) is 10.6. The van der Waals surface area contributed by atoms with Gasteiger partial charge < -0.3 is 14.2 Å². The second kappa shape index (κ2) is 67.1. The van der Waals surface area contributed by atoms with Crippen LogP contribution in [0.4, 0.5) is 0 Å². The molecular formula is C72H134O6. The summed E-state index contributed by atoms with van der Waals surface area (Å²) in [5.41, 5.74) is 0. The predicted molar refractivity (Wildman–Crippen MR) is 339 cm³/mol. The highest BCUT2D eigenvalue weighted by atomic mass is 16.6. The minimum atomic E-state index is -0.777. The van der Waals surface area contributed by atoms with Crippen molar-refractivity contribution < 1.29 is 28.6 Å². The molecule has 1 unspecified atom stereocenters. The maximum atomic E-state index is 12.9. The van der Waals surface area contributed by atoms with Gasteiger partial charge in [0.2, 0.25) is 0 Å². The van der Waals surface area contributed by atoms with Crippen molar-refractivity contribution in [2.45, 2.75) is 393 Å². The molecule has 0 amide bonds. The Hall–Kier alpha value is -2.37. The zero-order chi connectivity index (χ0) is 56.4. The number of carbonyl (C=O) groups excluding carboxylic acids is 3. The first-order chi connectivity index (χ1) is 38.5. The summed E-state index contributed by atoms with van der Waals surface area (Å²) < 4.78 is 17.0. The summed E-state index contributed by atoms with van der Waals surface area (Å²) in [5.74, 6) is -0.854. The van der Waals surface area contributed by atoms with Crippen LogP contribution >= 0.6 is 0 Å². The second-order valence-corrected chi connectivity index (χ2v) is 23.8. The van der Waals surface area contributed by atoms with Gasteiger partial charge in [-0.25, -0.2) is 0 Å². The lowest BCUT2D eigenvalue weighted by molar-refractivity contribution is -0.167. The third kappa shape index (κ3) is 64.5. The van der Waals surface area contributed by atoms with E-state index < -0.39 is 6.10 Å². The van der Waals surface area contributed by atoms with Gasteiger partial charge in [0.05, 0.1) is 0 Å². The molecule has 0 aliphatic rings. The van der Waals surface area contributed by atoms with Crippen molar-refractivity contribution in [3.63, 3.8) is 0 Å². The zero-order valence-corrected chi connectivity index (χ0v) is 52.7. The van der Waals surface area contributed by atoms with Crippen molar-refractivity contribution in [3.8, 4) is 0 Å². The molecule has 0 spiro atoms. The van der Waals surface area contributed by atoms with Crippen molar-refractivity contribution >= 4 is 17.9 Å². The average molecular weight is 1100 g/mol. The van der Waals surface area contributed by atoms with Crippen molar-refractivity contribution in [3.05, 3.63) is 36.5 Å². The van der Waals surface area contributed by atoms with E-state index in [9.17, 15) is 14.4 Å². The average Bonchev–Trinajstić information content (AvgIpc) is 3.44. The monoisotopic (exact) mass is 1100 g/mol. The molecule has 1 atom stereocenters. The maximum absolute atomic E-state index is 12.9. The van der Waals surface area contributed by atoms with Crippen LogP contribution < -0.4 is 0 Å². The van der Waals surface area contributed by atoms with Gasteiger partial charge in [-0.1, -0.05) is 346 Å². The highest BCUT2D eigenvalue weighted by Gasteiger charge is 2.19. The highest BCUT2D eigenvalue weighted by Crippen LogP contribution is 2.19. The largest absolute Gasteiger partial charge is 0.462 e. The van der Waals surface area contributed by atoms with Crippen LogP contribution in [0.5, 0.6) is 0 Å². The van der Waals surface area contributed by atoms with E-state index >= 15 is 0 Å².